The zero-order valence-corrected chi connectivity index (χ0v) is 39.1. The van der Waals surface area contributed by atoms with Crippen LogP contribution in [0.15, 0.2) is 54.6 Å². The minimum Gasteiger partial charge on any atom is -0.494 e. The minimum absolute atomic E-state index is 0.0508. The third kappa shape index (κ3) is 17.3. The van der Waals surface area contributed by atoms with Gasteiger partial charge >= 0.3 is 0 Å². The van der Waals surface area contributed by atoms with Crippen molar-refractivity contribution in [3.05, 3.63) is 65.7 Å². The highest BCUT2D eigenvalue weighted by atomic mass is 32.2. The van der Waals surface area contributed by atoms with Crippen molar-refractivity contribution in [2.75, 3.05) is 30.5 Å². The number of amides is 7. The van der Waals surface area contributed by atoms with E-state index in [1.165, 1.54) is 11.8 Å². The van der Waals surface area contributed by atoms with Crippen LogP contribution in [0.3, 0.4) is 0 Å². The molecule has 0 unspecified atom stereocenters. The Balaban J connectivity index is 1.73. The van der Waals surface area contributed by atoms with Crippen LogP contribution in [0.5, 0.6) is 5.75 Å². The summed E-state index contributed by atoms with van der Waals surface area (Å²) in [7, 11) is 0. The Bertz CT molecular complexity index is 1850. The van der Waals surface area contributed by atoms with Gasteiger partial charge in [-0.25, -0.2) is 0 Å². The molecule has 1 heterocycles. The van der Waals surface area contributed by atoms with Crippen LogP contribution in [-0.4, -0.2) is 107 Å². The number of rotatable bonds is 15. The van der Waals surface area contributed by atoms with E-state index in [0.717, 1.165) is 56.1 Å². The van der Waals surface area contributed by atoms with Crippen LogP contribution in [0.4, 0.5) is 0 Å². The largest absolute Gasteiger partial charge is 0.494 e. The van der Waals surface area contributed by atoms with E-state index in [2.05, 4.69) is 31.9 Å². The fourth-order valence-corrected chi connectivity index (χ4v) is 10.8. The van der Waals surface area contributed by atoms with Crippen LogP contribution in [0.25, 0.3) is 0 Å². The lowest BCUT2D eigenvalue weighted by molar-refractivity contribution is -0.136. The van der Waals surface area contributed by atoms with Crippen LogP contribution in [0, 0.1) is 5.92 Å². The van der Waals surface area contributed by atoms with Gasteiger partial charge in [-0.3, -0.25) is 33.6 Å². The van der Waals surface area contributed by atoms with Crippen molar-refractivity contribution >= 4 is 64.9 Å². The van der Waals surface area contributed by atoms with Gasteiger partial charge in [-0.2, -0.15) is 0 Å². The molecule has 2 aliphatic rings. The van der Waals surface area contributed by atoms with Crippen molar-refractivity contribution in [3.8, 4) is 5.75 Å². The number of primary amides is 1. The highest BCUT2D eigenvalue weighted by Gasteiger charge is 2.38. The number of unbranched alkanes of at least 4 members (excludes halogenated alkanes) is 2. The molecule has 2 fully saturated rings. The van der Waals surface area contributed by atoms with Crippen molar-refractivity contribution in [2.45, 2.75) is 133 Å². The lowest BCUT2D eigenvalue weighted by atomic mass is 9.85. The number of benzene rings is 2. The van der Waals surface area contributed by atoms with Crippen LogP contribution in [0.2, 0.25) is 0 Å². The summed E-state index contributed by atoms with van der Waals surface area (Å²) in [5.41, 5.74) is 12.7. The minimum atomic E-state index is -1.47. The summed E-state index contributed by atoms with van der Waals surface area (Å²) in [6.07, 6.45) is 6.47. The first-order valence-corrected chi connectivity index (χ1v) is 24.6. The Morgan fingerprint density at radius 2 is 1.41 bits per heavy atom. The summed E-state index contributed by atoms with van der Waals surface area (Å²) in [4.78, 5) is 96.9. The van der Waals surface area contributed by atoms with Gasteiger partial charge in [0.05, 0.1) is 13.0 Å². The van der Waals surface area contributed by atoms with Gasteiger partial charge in [-0.15, -0.1) is 23.5 Å². The number of carbonyl (C=O) groups is 7. The maximum absolute atomic E-state index is 14.5. The normalized spacial score (nSPS) is 23.1. The molecule has 10 N–H and O–H groups in total. The molecule has 1 aliphatic heterocycles. The molecule has 5 atom stereocenters. The smallest absolute Gasteiger partial charge is 0.243 e. The molecule has 64 heavy (non-hydrogen) atoms. The molecule has 1 aliphatic carbocycles. The summed E-state index contributed by atoms with van der Waals surface area (Å²) >= 11 is 3.06. The summed E-state index contributed by atoms with van der Waals surface area (Å²) < 4.78 is 5.18. The number of nitrogens with two attached hydrogens (primary N) is 2. The van der Waals surface area contributed by atoms with Crippen molar-refractivity contribution in [1.29, 1.82) is 0 Å². The predicted molar refractivity (Wildman–Crippen MR) is 251 cm³/mol. The number of hydrogen-bond donors (Lipinski definition) is 8. The molecule has 0 aromatic heterocycles. The summed E-state index contributed by atoms with van der Waals surface area (Å²) in [5.74, 6) is -4.15. The number of hydrogen-bond acceptors (Lipinski definition) is 11. The average molecular weight is 925 g/mol. The first-order valence-electron chi connectivity index (χ1n) is 22.5. The average Bonchev–Trinajstić information content (AvgIpc) is 3.26. The van der Waals surface area contributed by atoms with E-state index in [1.807, 2.05) is 49.4 Å². The third-order valence-corrected chi connectivity index (χ3v) is 14.2. The second kappa shape index (κ2) is 26.9. The quantitative estimate of drug-likeness (QED) is 0.121. The summed E-state index contributed by atoms with van der Waals surface area (Å²) in [6, 6.07) is 10.3. The Labute approximate surface area is 385 Å². The van der Waals surface area contributed by atoms with E-state index in [9.17, 15) is 33.6 Å². The Morgan fingerprint density at radius 1 is 0.781 bits per heavy atom. The summed E-state index contributed by atoms with van der Waals surface area (Å²) in [5, 5.41) is 17.4. The third-order valence-electron chi connectivity index (χ3n) is 11.3. The Kier molecular flexibility index (Phi) is 21.7. The second-order valence-corrected chi connectivity index (χ2v) is 19.7. The fraction of sp³-hybridized carbons (Fsp3) is 0.587. The van der Waals surface area contributed by atoms with E-state index in [4.69, 9.17) is 16.2 Å². The maximum atomic E-state index is 14.5. The number of thioether (sulfide) groups is 2. The molecule has 2 aromatic rings. The second-order valence-electron chi connectivity index (χ2n) is 16.9. The fourth-order valence-electron chi connectivity index (χ4n) is 7.80. The van der Waals surface area contributed by atoms with Crippen LogP contribution in [0.1, 0.15) is 96.1 Å². The molecular weight excluding hydrogens is 857 g/mol. The molecule has 352 valence electrons. The molecule has 1 saturated heterocycles. The lowest BCUT2D eigenvalue weighted by Crippen LogP contribution is -2.61. The first kappa shape index (κ1) is 51.8. The standard InChI is InChI=1S/C46H68N8O8S2/c1-4-62-33-18-16-32(17-19-33)25-34-42(58)51-35(24-31-14-8-5-9-15-31)44(60)54-40(30(2)3)45(61)52-36(26-38(48)55)43(59)53-37(41(57)49-23-13-7-12-22-47)28-63-29-64-46(27-39(56)50-34)20-10-6-11-21-46/h5,8-9,14-19,30,34-37,40H,4,6-7,10-13,20-29,47H2,1-3H3,(H2,48,55)(H,49,57)(H,50,56)(H,51,58)(H,52,61)(H,53,59)(H,54,60)/t34-,35-,36-,37-,40+/m1/s1. The molecule has 0 radical (unpaired) electrons. The van der Waals surface area contributed by atoms with Crippen molar-refractivity contribution in [3.63, 3.8) is 0 Å². The number of ether oxygens (including phenoxy) is 1. The van der Waals surface area contributed by atoms with Gasteiger partial charge < -0.3 is 48.1 Å². The van der Waals surface area contributed by atoms with Gasteiger partial charge in [0.2, 0.25) is 41.4 Å². The topological polar surface area (TPSA) is 253 Å². The molecule has 1 saturated carbocycles. The highest BCUT2D eigenvalue weighted by molar-refractivity contribution is 8.16. The molecule has 0 bridgehead atoms. The van der Waals surface area contributed by atoms with E-state index in [1.54, 1.807) is 37.7 Å². The van der Waals surface area contributed by atoms with Gasteiger partial charge in [0.1, 0.15) is 36.0 Å². The monoisotopic (exact) mass is 924 g/mol. The van der Waals surface area contributed by atoms with Gasteiger partial charge in [0.25, 0.3) is 0 Å². The Hall–Kier alpha value is -4.81. The first-order chi connectivity index (χ1) is 30.7. The zero-order valence-electron chi connectivity index (χ0n) is 37.4. The molecule has 2 aromatic carbocycles. The highest BCUT2D eigenvalue weighted by Crippen LogP contribution is 2.44. The van der Waals surface area contributed by atoms with E-state index in [0.29, 0.717) is 37.0 Å². The van der Waals surface area contributed by atoms with Crippen LogP contribution >= 0.6 is 23.5 Å². The van der Waals surface area contributed by atoms with Crippen molar-refractivity contribution < 1.29 is 38.3 Å². The number of nitrogens with one attached hydrogen (secondary N) is 6. The summed E-state index contributed by atoms with van der Waals surface area (Å²) in [6.45, 7) is 6.66. The lowest BCUT2D eigenvalue weighted by Gasteiger charge is -2.37. The number of carbonyl (C=O) groups excluding carboxylic acids is 7. The molecule has 18 heteroatoms. The van der Waals surface area contributed by atoms with Gasteiger partial charge in [-0.05, 0) is 68.3 Å². The predicted octanol–water partition coefficient (Wildman–Crippen LogP) is 2.60. The maximum Gasteiger partial charge on any atom is 0.243 e. The van der Waals surface area contributed by atoms with Crippen molar-refractivity contribution in [1.82, 2.24) is 31.9 Å². The van der Waals surface area contributed by atoms with Crippen LogP contribution < -0.4 is 48.1 Å². The van der Waals surface area contributed by atoms with Gasteiger partial charge in [-0.1, -0.05) is 82.0 Å². The van der Waals surface area contributed by atoms with E-state index < -0.39 is 82.7 Å². The van der Waals surface area contributed by atoms with Gasteiger partial charge in [0, 0.05) is 41.4 Å². The van der Waals surface area contributed by atoms with Crippen LogP contribution in [-0.2, 0) is 46.4 Å². The SMILES string of the molecule is CCOc1ccc(C[C@H]2NC(=O)CC3(CCCCC3)SCSC[C@H](C(=O)NCCCCCN)NC(=O)[C@@H](CC(N)=O)NC(=O)[C@H](C(C)C)NC(=O)[C@@H](Cc3ccccc3)NC2=O)cc1. The van der Waals surface area contributed by atoms with Gasteiger partial charge in [0.15, 0.2) is 0 Å². The van der Waals surface area contributed by atoms with E-state index in [-0.39, 0.29) is 30.9 Å². The molecule has 1 spiro atoms. The van der Waals surface area contributed by atoms with E-state index >= 15 is 0 Å². The molecular formula is C46H68N8O8S2. The molecule has 7 amide bonds. The van der Waals surface area contributed by atoms with Crippen molar-refractivity contribution in [2.24, 2.45) is 17.4 Å². The Morgan fingerprint density at radius 3 is 2.05 bits per heavy atom. The molecule has 4 rings (SSSR count). The molecule has 16 nitrogen and oxygen atoms in total. The zero-order chi connectivity index (χ0) is 46.5.